The molecule has 0 saturated carbocycles. The van der Waals surface area contributed by atoms with Crippen molar-refractivity contribution in [3.63, 3.8) is 0 Å². The fraction of sp³-hybridized carbons (Fsp3) is 0.316. The maximum atomic E-state index is 13.0. The highest BCUT2D eigenvalue weighted by molar-refractivity contribution is 5.94. The molecule has 25 heavy (non-hydrogen) atoms. The third kappa shape index (κ3) is 5.31. The van der Waals surface area contributed by atoms with Gasteiger partial charge in [0.2, 0.25) is 0 Å². The molecule has 6 nitrogen and oxygen atoms in total. The van der Waals surface area contributed by atoms with Crippen LogP contribution in [0.3, 0.4) is 0 Å². The minimum Gasteiger partial charge on any atom is -0.484 e. The van der Waals surface area contributed by atoms with Gasteiger partial charge in [-0.3, -0.25) is 14.6 Å². The summed E-state index contributed by atoms with van der Waals surface area (Å²) >= 11 is 0. The molecule has 1 aromatic heterocycles. The molecule has 132 valence electrons. The summed E-state index contributed by atoms with van der Waals surface area (Å²) in [4.78, 5) is 29.7. The van der Waals surface area contributed by atoms with Crippen LogP contribution in [0.2, 0.25) is 0 Å². The monoisotopic (exact) mass is 341 g/mol. The number of benzene rings is 1. The Labute approximate surface area is 147 Å². The van der Waals surface area contributed by atoms with Gasteiger partial charge in [0, 0.05) is 30.5 Å². The van der Waals surface area contributed by atoms with Crippen LogP contribution in [0, 0.1) is 0 Å². The highest BCUT2D eigenvalue weighted by atomic mass is 16.5. The van der Waals surface area contributed by atoms with E-state index in [1.54, 1.807) is 36.7 Å². The summed E-state index contributed by atoms with van der Waals surface area (Å²) in [6.07, 6.45) is 4.27. The molecule has 0 spiro atoms. The molecule has 1 aromatic carbocycles. The van der Waals surface area contributed by atoms with E-state index in [1.807, 2.05) is 30.9 Å². The SMILES string of the molecule is CC[C@H](C)N(Cc1ccncc1)C(=O)c1cccc(OCC(N)=O)c1. The maximum Gasteiger partial charge on any atom is 0.255 e. The zero-order chi connectivity index (χ0) is 18.2. The molecule has 1 heterocycles. The minimum absolute atomic E-state index is 0.0795. The zero-order valence-corrected chi connectivity index (χ0v) is 14.5. The maximum absolute atomic E-state index is 13.0. The lowest BCUT2D eigenvalue weighted by Crippen LogP contribution is -2.37. The Hall–Kier alpha value is -2.89. The van der Waals surface area contributed by atoms with Gasteiger partial charge >= 0.3 is 0 Å². The normalized spacial score (nSPS) is 11.6. The number of aromatic nitrogens is 1. The van der Waals surface area contributed by atoms with E-state index in [4.69, 9.17) is 10.5 Å². The van der Waals surface area contributed by atoms with E-state index in [-0.39, 0.29) is 18.6 Å². The van der Waals surface area contributed by atoms with Crippen LogP contribution in [0.25, 0.3) is 0 Å². The van der Waals surface area contributed by atoms with Gasteiger partial charge in [0.25, 0.3) is 11.8 Å². The molecular formula is C19H23N3O3. The van der Waals surface area contributed by atoms with E-state index in [1.165, 1.54) is 0 Å². The quantitative estimate of drug-likeness (QED) is 0.799. The summed E-state index contributed by atoms with van der Waals surface area (Å²) in [5.74, 6) is -0.205. The Kier molecular flexibility index (Phi) is 6.51. The molecule has 0 aliphatic carbocycles. The Balaban J connectivity index is 2.21. The van der Waals surface area contributed by atoms with Crippen LogP contribution in [0.5, 0.6) is 5.75 Å². The molecule has 2 amide bonds. The number of ether oxygens (including phenoxy) is 1. The van der Waals surface area contributed by atoms with Crippen LogP contribution < -0.4 is 10.5 Å². The first-order valence-electron chi connectivity index (χ1n) is 8.22. The van der Waals surface area contributed by atoms with E-state index < -0.39 is 5.91 Å². The number of carbonyl (C=O) groups is 2. The average molecular weight is 341 g/mol. The van der Waals surface area contributed by atoms with Crippen LogP contribution in [-0.2, 0) is 11.3 Å². The van der Waals surface area contributed by atoms with Gasteiger partial charge in [0.05, 0.1) is 0 Å². The second-order valence-corrected chi connectivity index (χ2v) is 5.83. The number of pyridine rings is 1. The van der Waals surface area contributed by atoms with Crippen molar-refractivity contribution in [3.05, 3.63) is 59.9 Å². The van der Waals surface area contributed by atoms with E-state index in [2.05, 4.69) is 4.98 Å². The molecule has 0 aliphatic heterocycles. The van der Waals surface area contributed by atoms with E-state index in [9.17, 15) is 9.59 Å². The predicted octanol–water partition coefficient (Wildman–Crippen LogP) is 2.39. The number of nitrogens with two attached hydrogens (primary N) is 1. The van der Waals surface area contributed by atoms with Crippen molar-refractivity contribution in [2.24, 2.45) is 5.73 Å². The number of hydrogen-bond acceptors (Lipinski definition) is 4. The molecule has 6 heteroatoms. The summed E-state index contributed by atoms with van der Waals surface area (Å²) in [6.45, 7) is 4.35. The first-order chi connectivity index (χ1) is 12.0. The Morgan fingerprint density at radius 2 is 1.96 bits per heavy atom. The van der Waals surface area contributed by atoms with Crippen LogP contribution >= 0.6 is 0 Å². The average Bonchev–Trinajstić information content (AvgIpc) is 2.64. The summed E-state index contributed by atoms with van der Waals surface area (Å²) in [6, 6.07) is 10.7. The van der Waals surface area contributed by atoms with Gasteiger partial charge in [-0.2, -0.15) is 0 Å². The Morgan fingerprint density at radius 3 is 2.60 bits per heavy atom. The first-order valence-corrected chi connectivity index (χ1v) is 8.22. The first kappa shape index (κ1) is 18.4. The number of primary amides is 1. The van der Waals surface area contributed by atoms with Crippen molar-refractivity contribution in [1.29, 1.82) is 0 Å². The van der Waals surface area contributed by atoms with Crippen LogP contribution in [0.1, 0.15) is 36.2 Å². The topological polar surface area (TPSA) is 85.5 Å². The molecule has 2 rings (SSSR count). The molecule has 1 atom stereocenters. The van der Waals surface area contributed by atoms with Gasteiger partial charge in [-0.05, 0) is 49.2 Å². The van der Waals surface area contributed by atoms with Gasteiger partial charge < -0.3 is 15.4 Å². The molecule has 0 fully saturated rings. The lowest BCUT2D eigenvalue weighted by molar-refractivity contribution is -0.119. The molecule has 0 saturated heterocycles. The molecule has 0 radical (unpaired) electrons. The van der Waals surface area contributed by atoms with Crippen LogP contribution in [-0.4, -0.2) is 34.3 Å². The fourth-order valence-corrected chi connectivity index (χ4v) is 2.37. The summed E-state index contributed by atoms with van der Waals surface area (Å²) in [7, 11) is 0. The van der Waals surface area contributed by atoms with E-state index in [0.29, 0.717) is 17.9 Å². The highest BCUT2D eigenvalue weighted by Gasteiger charge is 2.21. The lowest BCUT2D eigenvalue weighted by atomic mass is 10.1. The second-order valence-electron chi connectivity index (χ2n) is 5.83. The van der Waals surface area contributed by atoms with Gasteiger partial charge in [0.15, 0.2) is 6.61 Å². The molecule has 0 unspecified atom stereocenters. The Bertz CT molecular complexity index is 719. The van der Waals surface area contributed by atoms with E-state index in [0.717, 1.165) is 12.0 Å². The molecule has 2 aromatic rings. The standard InChI is InChI=1S/C19H23N3O3/c1-3-14(2)22(12-15-7-9-21-10-8-15)19(24)16-5-4-6-17(11-16)25-13-18(20)23/h4-11,14H,3,12-13H2,1-2H3,(H2,20,23)/t14-/m0/s1. The number of amides is 2. The van der Waals surface area contributed by atoms with Crippen LogP contribution in [0.15, 0.2) is 48.8 Å². The lowest BCUT2D eigenvalue weighted by Gasteiger charge is -2.29. The van der Waals surface area contributed by atoms with Crippen molar-refractivity contribution >= 4 is 11.8 Å². The third-order valence-electron chi connectivity index (χ3n) is 3.95. The largest absolute Gasteiger partial charge is 0.484 e. The van der Waals surface area contributed by atoms with Gasteiger partial charge in [-0.15, -0.1) is 0 Å². The third-order valence-corrected chi connectivity index (χ3v) is 3.95. The molecule has 0 bridgehead atoms. The fourth-order valence-electron chi connectivity index (χ4n) is 2.37. The predicted molar refractivity (Wildman–Crippen MR) is 95.0 cm³/mol. The summed E-state index contributed by atoms with van der Waals surface area (Å²) in [5.41, 5.74) is 6.61. The summed E-state index contributed by atoms with van der Waals surface area (Å²) < 4.78 is 5.29. The Morgan fingerprint density at radius 1 is 1.24 bits per heavy atom. The van der Waals surface area contributed by atoms with Crippen molar-refractivity contribution in [2.75, 3.05) is 6.61 Å². The number of rotatable bonds is 8. The zero-order valence-electron chi connectivity index (χ0n) is 14.5. The van der Waals surface area contributed by atoms with Gasteiger partial charge in [-0.25, -0.2) is 0 Å². The molecular weight excluding hydrogens is 318 g/mol. The van der Waals surface area contributed by atoms with Crippen molar-refractivity contribution in [2.45, 2.75) is 32.9 Å². The molecule has 2 N–H and O–H groups in total. The highest BCUT2D eigenvalue weighted by Crippen LogP contribution is 2.19. The second kappa shape index (κ2) is 8.82. The summed E-state index contributed by atoms with van der Waals surface area (Å²) in [5, 5.41) is 0. The van der Waals surface area contributed by atoms with Crippen LogP contribution in [0.4, 0.5) is 0 Å². The smallest absolute Gasteiger partial charge is 0.255 e. The molecule has 0 aliphatic rings. The van der Waals surface area contributed by atoms with Crippen molar-refractivity contribution in [3.8, 4) is 5.75 Å². The van der Waals surface area contributed by atoms with Gasteiger partial charge in [-0.1, -0.05) is 13.0 Å². The number of hydrogen-bond donors (Lipinski definition) is 1. The van der Waals surface area contributed by atoms with Crippen molar-refractivity contribution < 1.29 is 14.3 Å². The van der Waals surface area contributed by atoms with Crippen molar-refractivity contribution in [1.82, 2.24) is 9.88 Å². The van der Waals surface area contributed by atoms with E-state index >= 15 is 0 Å². The number of carbonyl (C=O) groups excluding carboxylic acids is 2. The minimum atomic E-state index is -0.560. The number of nitrogens with zero attached hydrogens (tertiary/aromatic N) is 2. The van der Waals surface area contributed by atoms with Gasteiger partial charge in [0.1, 0.15) is 5.75 Å².